The highest BCUT2D eigenvalue weighted by Crippen LogP contribution is 2.28. The number of hydrogen-bond donors (Lipinski definition) is 1. The van der Waals surface area contributed by atoms with Crippen molar-refractivity contribution >= 4 is 16.9 Å². The predicted octanol–water partition coefficient (Wildman–Crippen LogP) is 4.91. The van der Waals surface area contributed by atoms with Gasteiger partial charge in [0.05, 0.1) is 6.26 Å². The third-order valence-electron chi connectivity index (χ3n) is 4.94. The maximum atomic E-state index is 12.8. The fraction of sp³-hybridized carbons (Fsp3) is 0.125. The van der Waals surface area contributed by atoms with Crippen LogP contribution in [0, 0.1) is 0 Å². The van der Waals surface area contributed by atoms with Gasteiger partial charge >= 0.3 is 0 Å². The molecule has 0 saturated heterocycles. The number of furan rings is 2. The van der Waals surface area contributed by atoms with Crippen LogP contribution in [0.25, 0.3) is 22.6 Å². The third-order valence-corrected chi connectivity index (χ3v) is 4.94. The molecule has 0 unspecified atom stereocenters. The number of nitrogens with one attached hydrogen (secondary N) is 1. The molecule has 154 valence electrons. The summed E-state index contributed by atoms with van der Waals surface area (Å²) in [4.78, 5) is 17.0. The summed E-state index contributed by atoms with van der Waals surface area (Å²) >= 11 is 0. The van der Waals surface area contributed by atoms with Gasteiger partial charge in [0.25, 0.3) is 0 Å². The summed E-state index contributed by atoms with van der Waals surface area (Å²) in [7, 11) is 0. The molecule has 0 radical (unpaired) electrons. The molecule has 0 aliphatic carbocycles. The lowest BCUT2D eigenvalue weighted by atomic mass is 10.0. The molecular formula is C24H19N3O4. The molecule has 3 heterocycles. The van der Waals surface area contributed by atoms with Crippen LogP contribution in [0.1, 0.15) is 29.7 Å². The maximum Gasteiger partial charge on any atom is 0.238 e. The monoisotopic (exact) mass is 413 g/mol. The Bertz CT molecular complexity index is 1260. The predicted molar refractivity (Wildman–Crippen MR) is 113 cm³/mol. The molecule has 7 heteroatoms. The number of para-hydroxylation sites is 1. The van der Waals surface area contributed by atoms with E-state index in [1.807, 2.05) is 60.7 Å². The van der Waals surface area contributed by atoms with Gasteiger partial charge in [-0.15, -0.1) is 0 Å². The molecule has 0 spiro atoms. The second kappa shape index (κ2) is 8.31. The molecule has 0 fully saturated rings. The fourth-order valence-electron chi connectivity index (χ4n) is 3.42. The SMILES string of the molecule is O=C(CCc1nc(-c2ccco2)no1)N[C@H](c1ccccc1)c1cc2ccccc2o1. The lowest BCUT2D eigenvalue weighted by Crippen LogP contribution is -2.29. The first-order valence-corrected chi connectivity index (χ1v) is 9.95. The van der Waals surface area contributed by atoms with Crippen LogP contribution in [0.4, 0.5) is 0 Å². The van der Waals surface area contributed by atoms with E-state index in [1.54, 1.807) is 18.4 Å². The van der Waals surface area contributed by atoms with Crippen molar-refractivity contribution in [2.24, 2.45) is 0 Å². The standard InChI is InChI=1S/C24H19N3O4/c28-21(12-13-22-26-24(27-31-22)19-11-6-14-29-19)25-23(16-7-2-1-3-8-16)20-15-17-9-4-5-10-18(17)30-20/h1-11,14-15,23H,12-13H2,(H,25,28)/t23-/m1/s1. The molecule has 5 rings (SSSR count). The van der Waals surface area contributed by atoms with Crippen molar-refractivity contribution in [2.75, 3.05) is 0 Å². The van der Waals surface area contributed by atoms with Crippen molar-refractivity contribution in [3.8, 4) is 11.6 Å². The second-order valence-electron chi connectivity index (χ2n) is 7.09. The zero-order valence-electron chi connectivity index (χ0n) is 16.5. The Morgan fingerprint density at radius 1 is 1.00 bits per heavy atom. The van der Waals surface area contributed by atoms with Gasteiger partial charge < -0.3 is 18.7 Å². The minimum absolute atomic E-state index is 0.146. The van der Waals surface area contributed by atoms with Crippen molar-refractivity contribution in [2.45, 2.75) is 18.9 Å². The zero-order valence-corrected chi connectivity index (χ0v) is 16.5. The zero-order chi connectivity index (χ0) is 21.0. The van der Waals surface area contributed by atoms with Crippen LogP contribution in [-0.2, 0) is 11.2 Å². The molecule has 31 heavy (non-hydrogen) atoms. The summed E-state index contributed by atoms with van der Waals surface area (Å²) < 4.78 is 16.5. The number of fused-ring (bicyclic) bond motifs is 1. The van der Waals surface area contributed by atoms with E-state index < -0.39 is 6.04 Å². The van der Waals surface area contributed by atoms with Crippen molar-refractivity contribution < 1.29 is 18.2 Å². The van der Waals surface area contributed by atoms with Crippen LogP contribution in [0.15, 0.2) is 92.4 Å². The first-order valence-electron chi connectivity index (χ1n) is 9.95. The van der Waals surface area contributed by atoms with Crippen molar-refractivity contribution in [3.05, 3.63) is 96.3 Å². The summed E-state index contributed by atoms with van der Waals surface area (Å²) in [5.41, 5.74) is 1.72. The first-order chi connectivity index (χ1) is 15.3. The molecule has 1 amide bonds. The summed E-state index contributed by atoms with van der Waals surface area (Å²) in [5.74, 6) is 1.80. The second-order valence-corrected chi connectivity index (χ2v) is 7.09. The number of benzene rings is 2. The smallest absolute Gasteiger partial charge is 0.238 e. The normalized spacial score (nSPS) is 12.1. The quantitative estimate of drug-likeness (QED) is 0.407. The minimum atomic E-state index is -0.400. The summed E-state index contributed by atoms with van der Waals surface area (Å²) in [5, 5.41) is 7.95. The lowest BCUT2D eigenvalue weighted by molar-refractivity contribution is -0.121. The van der Waals surface area contributed by atoms with E-state index >= 15 is 0 Å². The Morgan fingerprint density at radius 2 is 1.84 bits per heavy atom. The van der Waals surface area contributed by atoms with Gasteiger partial charge in [-0.25, -0.2) is 0 Å². The topological polar surface area (TPSA) is 94.3 Å². The highest BCUT2D eigenvalue weighted by molar-refractivity contribution is 5.79. The van der Waals surface area contributed by atoms with Crippen LogP contribution in [0.2, 0.25) is 0 Å². The number of carbonyl (C=O) groups excluding carboxylic acids is 1. The van der Waals surface area contributed by atoms with Crippen LogP contribution in [0.5, 0.6) is 0 Å². The van der Waals surface area contributed by atoms with Gasteiger partial charge in [-0.1, -0.05) is 53.7 Å². The maximum absolute atomic E-state index is 12.8. The van der Waals surface area contributed by atoms with Crippen molar-refractivity contribution in [1.82, 2.24) is 15.5 Å². The number of amides is 1. The molecule has 0 bridgehead atoms. The molecule has 0 aliphatic rings. The Morgan fingerprint density at radius 3 is 2.65 bits per heavy atom. The van der Waals surface area contributed by atoms with Crippen LogP contribution in [-0.4, -0.2) is 16.0 Å². The van der Waals surface area contributed by atoms with Crippen LogP contribution < -0.4 is 5.32 Å². The summed E-state index contributed by atoms with van der Waals surface area (Å²) in [6, 6.07) is 22.6. The molecule has 7 nitrogen and oxygen atoms in total. The number of carbonyl (C=O) groups is 1. The first kappa shape index (κ1) is 18.9. The van der Waals surface area contributed by atoms with Gasteiger partial charge in [0.15, 0.2) is 5.76 Å². The van der Waals surface area contributed by atoms with Crippen molar-refractivity contribution in [3.63, 3.8) is 0 Å². The largest absolute Gasteiger partial charge is 0.461 e. The lowest BCUT2D eigenvalue weighted by Gasteiger charge is -2.17. The Balaban J connectivity index is 1.31. The molecule has 0 aliphatic heterocycles. The number of rotatable bonds is 7. The molecule has 3 aromatic heterocycles. The number of hydrogen-bond acceptors (Lipinski definition) is 6. The molecular weight excluding hydrogens is 394 g/mol. The van der Waals surface area contributed by atoms with E-state index in [4.69, 9.17) is 13.4 Å². The van der Waals surface area contributed by atoms with Gasteiger partial charge in [0.2, 0.25) is 17.6 Å². The Labute approximate surface area is 177 Å². The molecule has 5 aromatic rings. The van der Waals surface area contributed by atoms with E-state index in [1.165, 1.54) is 0 Å². The number of aryl methyl sites for hydroxylation is 1. The van der Waals surface area contributed by atoms with Gasteiger partial charge in [-0.05, 0) is 29.8 Å². The van der Waals surface area contributed by atoms with E-state index in [-0.39, 0.29) is 12.3 Å². The van der Waals surface area contributed by atoms with E-state index in [0.29, 0.717) is 29.7 Å². The Hall–Kier alpha value is -4.13. The number of nitrogens with zero attached hydrogens (tertiary/aromatic N) is 2. The third kappa shape index (κ3) is 4.11. The summed E-state index contributed by atoms with van der Waals surface area (Å²) in [6.07, 6.45) is 2.06. The molecule has 1 atom stereocenters. The van der Waals surface area contributed by atoms with E-state index in [9.17, 15) is 4.79 Å². The van der Waals surface area contributed by atoms with Gasteiger partial charge in [0.1, 0.15) is 17.4 Å². The van der Waals surface area contributed by atoms with Crippen LogP contribution in [0.3, 0.4) is 0 Å². The fourth-order valence-corrected chi connectivity index (χ4v) is 3.42. The highest BCUT2D eigenvalue weighted by atomic mass is 16.5. The van der Waals surface area contributed by atoms with E-state index in [2.05, 4.69) is 15.5 Å². The van der Waals surface area contributed by atoms with Gasteiger partial charge in [-0.2, -0.15) is 4.98 Å². The average molecular weight is 413 g/mol. The van der Waals surface area contributed by atoms with Crippen molar-refractivity contribution in [1.29, 1.82) is 0 Å². The van der Waals surface area contributed by atoms with E-state index in [0.717, 1.165) is 16.5 Å². The number of aromatic nitrogens is 2. The summed E-state index contributed by atoms with van der Waals surface area (Å²) in [6.45, 7) is 0. The Kier molecular flexibility index (Phi) is 5.06. The molecule has 1 N–H and O–H groups in total. The molecule has 2 aromatic carbocycles. The van der Waals surface area contributed by atoms with Crippen LogP contribution >= 0.6 is 0 Å². The van der Waals surface area contributed by atoms with Gasteiger partial charge in [-0.3, -0.25) is 4.79 Å². The average Bonchev–Trinajstić information content (AvgIpc) is 3.56. The molecule has 0 saturated carbocycles. The van der Waals surface area contributed by atoms with Gasteiger partial charge in [0, 0.05) is 18.2 Å². The minimum Gasteiger partial charge on any atom is -0.461 e. The highest BCUT2D eigenvalue weighted by Gasteiger charge is 2.21.